The quantitative estimate of drug-likeness (QED) is 0.401. The molecule has 0 aliphatic carbocycles. The molecule has 0 amide bonds. The zero-order chi connectivity index (χ0) is 3.41. The van der Waals surface area contributed by atoms with Crippen molar-refractivity contribution in [2.24, 2.45) is 0 Å². The van der Waals surface area contributed by atoms with E-state index in [0.29, 0.717) is 12.5 Å². The summed E-state index contributed by atoms with van der Waals surface area (Å²) in [4.78, 5) is 0. The largest absolute Gasteiger partial charge is 0.512 e. The van der Waals surface area contributed by atoms with Gasteiger partial charge in [-0.3, -0.25) is 0 Å². The van der Waals surface area contributed by atoms with Crippen LogP contribution in [0.3, 0.4) is 0 Å². The fourth-order valence-corrected chi connectivity index (χ4v) is 0. The fourth-order valence-electron chi connectivity index (χ4n) is 0. The van der Waals surface area contributed by atoms with Gasteiger partial charge in [0.15, 0.2) is 0 Å². The minimum absolute atomic E-state index is 0.556. The van der Waals surface area contributed by atoms with Gasteiger partial charge in [-0.15, -0.1) is 0 Å². The van der Waals surface area contributed by atoms with E-state index in [1.54, 1.807) is 0 Å². The Bertz CT molecular complexity index is 19.2. The average molecular weight is 60.1 g/mol. The SMILES string of the molecule is O/C=C/O. The molecule has 0 saturated heterocycles. The van der Waals surface area contributed by atoms with Crippen LogP contribution in [-0.2, 0) is 0 Å². The summed E-state index contributed by atoms with van der Waals surface area (Å²) in [5.74, 6) is 0. The summed E-state index contributed by atoms with van der Waals surface area (Å²) in [5, 5.41) is 14.9. The molecule has 0 heterocycles. The minimum Gasteiger partial charge on any atom is -0.512 e. The number of rotatable bonds is 0. The van der Waals surface area contributed by atoms with Gasteiger partial charge >= 0.3 is 0 Å². The van der Waals surface area contributed by atoms with Gasteiger partial charge in [-0.1, -0.05) is 0 Å². The van der Waals surface area contributed by atoms with Crippen LogP contribution in [0.1, 0.15) is 0 Å². The molecule has 0 spiro atoms. The van der Waals surface area contributed by atoms with E-state index in [4.69, 9.17) is 10.2 Å². The summed E-state index contributed by atoms with van der Waals surface area (Å²) in [5.41, 5.74) is 0. The smallest absolute Gasteiger partial charge is 0.113 e. The second kappa shape index (κ2) is 2.34. The van der Waals surface area contributed by atoms with Crippen LogP contribution in [0.5, 0.6) is 0 Å². The van der Waals surface area contributed by atoms with Crippen LogP contribution in [0.25, 0.3) is 0 Å². The first kappa shape index (κ1) is 3.34. The molecule has 0 radical (unpaired) electrons. The molecular weight excluding hydrogens is 56.0 g/mol. The number of hydrogen-bond acceptors (Lipinski definition) is 2. The van der Waals surface area contributed by atoms with E-state index in [1.807, 2.05) is 0 Å². The summed E-state index contributed by atoms with van der Waals surface area (Å²) in [6.45, 7) is 0. The van der Waals surface area contributed by atoms with Crippen molar-refractivity contribution in [2.75, 3.05) is 0 Å². The van der Waals surface area contributed by atoms with Crippen molar-refractivity contribution in [1.29, 1.82) is 0 Å². The molecule has 0 aliphatic rings. The Balaban J connectivity index is 2.55. The molecule has 0 fully saturated rings. The lowest BCUT2D eigenvalue weighted by molar-refractivity contribution is 0.407. The van der Waals surface area contributed by atoms with E-state index in [1.165, 1.54) is 0 Å². The molecule has 0 saturated carbocycles. The lowest BCUT2D eigenvalue weighted by Gasteiger charge is -1.55. The van der Waals surface area contributed by atoms with Gasteiger partial charge in [0.2, 0.25) is 0 Å². The maximum atomic E-state index is 7.44. The molecule has 0 atom stereocenters. The average Bonchev–Trinajstić information content (AvgIpc) is 1.37. The summed E-state index contributed by atoms with van der Waals surface area (Å²) >= 11 is 0. The van der Waals surface area contributed by atoms with Crippen molar-refractivity contribution in [3.8, 4) is 0 Å². The van der Waals surface area contributed by atoms with Crippen molar-refractivity contribution in [3.63, 3.8) is 0 Å². The Labute approximate surface area is 24.0 Å². The molecule has 0 rings (SSSR count). The molecule has 0 bridgehead atoms. The van der Waals surface area contributed by atoms with Gasteiger partial charge in [0, 0.05) is 0 Å². The molecule has 0 aliphatic heterocycles. The van der Waals surface area contributed by atoms with Crippen molar-refractivity contribution in [3.05, 3.63) is 12.5 Å². The summed E-state index contributed by atoms with van der Waals surface area (Å²) in [6.07, 6.45) is 1.11. The standard InChI is InChI=1S/C2H4O2/c3-1-2-4/h1-4H/b2-1+. The Morgan fingerprint density at radius 3 is 1.25 bits per heavy atom. The molecular formula is C2H4O2. The van der Waals surface area contributed by atoms with Crippen molar-refractivity contribution in [1.82, 2.24) is 0 Å². The molecule has 0 aromatic heterocycles. The van der Waals surface area contributed by atoms with Gasteiger partial charge in [0.05, 0.1) is 0 Å². The van der Waals surface area contributed by atoms with Crippen LogP contribution in [0, 0.1) is 0 Å². The van der Waals surface area contributed by atoms with Crippen LogP contribution in [0.4, 0.5) is 0 Å². The second-order valence-electron chi connectivity index (χ2n) is 0.298. The van der Waals surface area contributed by atoms with E-state index < -0.39 is 0 Å². The van der Waals surface area contributed by atoms with Gasteiger partial charge < -0.3 is 10.2 Å². The predicted molar refractivity (Wildman–Crippen MR) is 14.4 cm³/mol. The molecule has 2 N–H and O–H groups in total. The van der Waals surface area contributed by atoms with Crippen LogP contribution in [0.15, 0.2) is 12.5 Å². The predicted octanol–water partition coefficient (Wildman–Crippen LogP) is 0.574. The first-order valence-corrected chi connectivity index (χ1v) is 0.850. The lowest BCUT2D eigenvalue weighted by atomic mass is 11.1. The van der Waals surface area contributed by atoms with Gasteiger partial charge in [-0.25, -0.2) is 0 Å². The Kier molecular flexibility index (Phi) is 1.95. The summed E-state index contributed by atoms with van der Waals surface area (Å²) in [7, 11) is 0. The normalized spacial score (nSPS) is 9.00. The highest BCUT2D eigenvalue weighted by Gasteiger charge is 1.36. The first-order chi connectivity index (χ1) is 1.91. The third kappa shape index (κ3) is 1.34. The Hall–Kier alpha value is -0.660. The number of aliphatic hydroxyl groups excluding tert-OH is 2. The molecule has 0 aromatic carbocycles. The van der Waals surface area contributed by atoms with E-state index in [9.17, 15) is 0 Å². The maximum absolute atomic E-state index is 7.44. The monoisotopic (exact) mass is 60.0 g/mol. The summed E-state index contributed by atoms with van der Waals surface area (Å²) in [6, 6.07) is 0. The number of hydrogen-bond donors (Lipinski definition) is 2. The molecule has 24 valence electrons. The van der Waals surface area contributed by atoms with E-state index >= 15 is 0 Å². The first-order valence-electron chi connectivity index (χ1n) is 0.850. The van der Waals surface area contributed by atoms with Crippen molar-refractivity contribution >= 4 is 0 Å². The van der Waals surface area contributed by atoms with Crippen LogP contribution >= 0.6 is 0 Å². The van der Waals surface area contributed by atoms with Gasteiger partial charge in [-0.2, -0.15) is 0 Å². The fraction of sp³-hybridized carbons (Fsp3) is 0. The Morgan fingerprint density at radius 1 is 1.00 bits per heavy atom. The molecule has 0 unspecified atom stereocenters. The van der Waals surface area contributed by atoms with Crippen LogP contribution in [-0.4, -0.2) is 10.2 Å². The highest BCUT2D eigenvalue weighted by Crippen LogP contribution is 1.44. The van der Waals surface area contributed by atoms with E-state index in [2.05, 4.69) is 0 Å². The van der Waals surface area contributed by atoms with Gasteiger partial charge in [0.25, 0.3) is 0 Å². The Morgan fingerprint density at radius 2 is 1.25 bits per heavy atom. The number of aliphatic hydroxyl groups is 2. The maximum Gasteiger partial charge on any atom is 0.113 e. The molecule has 2 nitrogen and oxygen atoms in total. The highest BCUT2D eigenvalue weighted by molar-refractivity contribution is 4.49. The lowest BCUT2D eigenvalue weighted by Crippen LogP contribution is -1.43. The molecule has 2 heteroatoms. The van der Waals surface area contributed by atoms with Crippen molar-refractivity contribution < 1.29 is 10.2 Å². The molecule has 0 aromatic rings. The van der Waals surface area contributed by atoms with Crippen LogP contribution < -0.4 is 0 Å². The van der Waals surface area contributed by atoms with E-state index in [-0.39, 0.29) is 0 Å². The van der Waals surface area contributed by atoms with Crippen molar-refractivity contribution in [2.45, 2.75) is 0 Å². The van der Waals surface area contributed by atoms with Gasteiger partial charge in [0.1, 0.15) is 12.5 Å². The molecule has 4 heavy (non-hydrogen) atoms. The minimum atomic E-state index is 0.556. The highest BCUT2D eigenvalue weighted by atomic mass is 16.3. The topological polar surface area (TPSA) is 40.5 Å². The van der Waals surface area contributed by atoms with Gasteiger partial charge in [-0.05, 0) is 0 Å². The van der Waals surface area contributed by atoms with E-state index in [0.717, 1.165) is 0 Å². The van der Waals surface area contributed by atoms with Crippen LogP contribution in [0.2, 0.25) is 0 Å². The summed E-state index contributed by atoms with van der Waals surface area (Å²) < 4.78 is 0. The zero-order valence-corrected chi connectivity index (χ0v) is 2.05. The third-order valence-electron chi connectivity index (χ3n) is 0.0667. The third-order valence-corrected chi connectivity index (χ3v) is 0.0667. The zero-order valence-electron chi connectivity index (χ0n) is 2.05. The second-order valence-corrected chi connectivity index (χ2v) is 0.298.